The smallest absolute Gasteiger partial charge is 0.351 e. The third-order valence-corrected chi connectivity index (χ3v) is 7.18. The first kappa shape index (κ1) is 24.0. The lowest BCUT2D eigenvalue weighted by Crippen LogP contribution is -2.51. The van der Waals surface area contributed by atoms with E-state index in [0.717, 1.165) is 5.57 Å². The maximum absolute atomic E-state index is 13.0. The van der Waals surface area contributed by atoms with Crippen molar-refractivity contribution >= 4 is 23.9 Å². The van der Waals surface area contributed by atoms with Gasteiger partial charge in [-0.15, -0.1) is 0 Å². The number of hydrogen-bond donors (Lipinski definition) is 0. The molecule has 0 aromatic heterocycles. The Morgan fingerprint density at radius 3 is 2.31 bits per heavy atom. The first-order valence-corrected chi connectivity index (χ1v) is 10.9. The van der Waals surface area contributed by atoms with E-state index in [1.54, 1.807) is 19.9 Å². The second-order valence-corrected chi connectivity index (χ2v) is 9.44. The number of carbonyl (C=O) groups excluding carboxylic acids is 4. The first-order chi connectivity index (χ1) is 14.8. The Bertz CT molecular complexity index is 902. The predicted molar refractivity (Wildman–Crippen MR) is 113 cm³/mol. The number of ether oxygens (including phenoxy) is 4. The van der Waals surface area contributed by atoms with Gasteiger partial charge in [0.1, 0.15) is 17.8 Å². The number of hydrogen-bond acceptors (Lipinski definition) is 8. The molecule has 0 N–H and O–H groups in total. The van der Waals surface area contributed by atoms with Crippen LogP contribution in [0.3, 0.4) is 0 Å². The molecular formula is C24H32O8. The van der Waals surface area contributed by atoms with Gasteiger partial charge in [0.15, 0.2) is 0 Å². The summed E-state index contributed by atoms with van der Waals surface area (Å²) < 4.78 is 23.1. The fraction of sp³-hybridized carbons (Fsp3) is 0.667. The normalized spacial score (nSPS) is 38.6. The molecule has 0 radical (unpaired) electrons. The van der Waals surface area contributed by atoms with Crippen molar-refractivity contribution in [2.45, 2.75) is 84.7 Å². The Morgan fingerprint density at radius 2 is 1.75 bits per heavy atom. The SMILES string of the molecule is C/C=C(\C)C(=O)O[C@H]1C[C@](C)(OC(C)=O)[C@H]2CC=C(C)[C@H]2[C@@H]2OC(=O)[C@@](C)(OC(C)=O)[C@@H]21. The van der Waals surface area contributed by atoms with Crippen LogP contribution in [0.15, 0.2) is 23.3 Å². The number of allylic oxidation sites excluding steroid dienone is 2. The van der Waals surface area contributed by atoms with Crippen LogP contribution in [0.25, 0.3) is 0 Å². The van der Waals surface area contributed by atoms with Gasteiger partial charge in [0.25, 0.3) is 0 Å². The van der Waals surface area contributed by atoms with Crippen LogP contribution in [0.5, 0.6) is 0 Å². The van der Waals surface area contributed by atoms with Gasteiger partial charge in [0, 0.05) is 37.7 Å². The van der Waals surface area contributed by atoms with Gasteiger partial charge < -0.3 is 18.9 Å². The lowest BCUT2D eigenvalue weighted by Gasteiger charge is -2.38. The topological polar surface area (TPSA) is 105 Å². The van der Waals surface area contributed by atoms with E-state index in [9.17, 15) is 19.2 Å². The second-order valence-electron chi connectivity index (χ2n) is 9.44. The van der Waals surface area contributed by atoms with Gasteiger partial charge in [-0.05, 0) is 41.0 Å². The zero-order valence-corrected chi connectivity index (χ0v) is 19.7. The van der Waals surface area contributed by atoms with Crippen molar-refractivity contribution in [1.82, 2.24) is 0 Å². The number of rotatable bonds is 4. The number of fused-ring (bicyclic) bond motifs is 3. The number of carbonyl (C=O) groups is 4. The van der Waals surface area contributed by atoms with E-state index in [1.807, 2.05) is 13.8 Å². The van der Waals surface area contributed by atoms with Gasteiger partial charge in [0.2, 0.25) is 5.60 Å². The molecule has 0 bridgehead atoms. The Morgan fingerprint density at radius 1 is 1.12 bits per heavy atom. The monoisotopic (exact) mass is 448 g/mol. The Balaban J connectivity index is 2.16. The zero-order valence-electron chi connectivity index (χ0n) is 19.7. The molecule has 1 saturated carbocycles. The van der Waals surface area contributed by atoms with Crippen molar-refractivity contribution in [2.24, 2.45) is 17.8 Å². The van der Waals surface area contributed by atoms with Crippen molar-refractivity contribution in [1.29, 1.82) is 0 Å². The van der Waals surface area contributed by atoms with Crippen LogP contribution in [0.4, 0.5) is 0 Å². The predicted octanol–water partition coefficient (Wildman–Crippen LogP) is 3.04. The van der Waals surface area contributed by atoms with Crippen molar-refractivity contribution < 1.29 is 38.1 Å². The number of esters is 4. The molecule has 0 amide bonds. The summed E-state index contributed by atoms with van der Waals surface area (Å²) >= 11 is 0. The molecule has 0 unspecified atom stereocenters. The molecule has 0 aromatic rings. The summed E-state index contributed by atoms with van der Waals surface area (Å²) in [4.78, 5) is 49.7. The molecule has 0 spiro atoms. The highest BCUT2D eigenvalue weighted by Gasteiger charge is 2.68. The molecule has 7 atom stereocenters. The molecule has 3 aliphatic rings. The molecular weight excluding hydrogens is 416 g/mol. The van der Waals surface area contributed by atoms with E-state index in [0.29, 0.717) is 12.0 Å². The van der Waals surface area contributed by atoms with E-state index in [1.165, 1.54) is 20.8 Å². The van der Waals surface area contributed by atoms with Crippen LogP contribution < -0.4 is 0 Å². The summed E-state index contributed by atoms with van der Waals surface area (Å²) in [6.07, 6.45) is 2.87. The summed E-state index contributed by atoms with van der Waals surface area (Å²) in [6, 6.07) is 0. The van der Waals surface area contributed by atoms with Crippen molar-refractivity contribution in [2.75, 3.05) is 0 Å². The zero-order chi connectivity index (χ0) is 24.0. The van der Waals surface area contributed by atoms with Crippen molar-refractivity contribution in [3.8, 4) is 0 Å². The van der Waals surface area contributed by atoms with Gasteiger partial charge >= 0.3 is 23.9 Å². The quantitative estimate of drug-likeness (QED) is 0.280. The third-order valence-electron chi connectivity index (χ3n) is 7.18. The average molecular weight is 449 g/mol. The largest absolute Gasteiger partial charge is 0.459 e. The minimum absolute atomic E-state index is 0.145. The summed E-state index contributed by atoms with van der Waals surface area (Å²) in [5, 5.41) is 0. The molecule has 3 rings (SSSR count). The molecule has 1 saturated heterocycles. The third kappa shape index (κ3) is 3.95. The van der Waals surface area contributed by atoms with Gasteiger partial charge in [-0.3, -0.25) is 9.59 Å². The minimum atomic E-state index is -1.64. The highest BCUT2D eigenvalue weighted by atomic mass is 16.6. The van der Waals surface area contributed by atoms with Gasteiger partial charge in [-0.1, -0.05) is 17.7 Å². The molecule has 2 fully saturated rings. The summed E-state index contributed by atoms with van der Waals surface area (Å²) in [5.74, 6) is -3.51. The molecule has 0 aromatic carbocycles. The Labute approximate surface area is 188 Å². The summed E-state index contributed by atoms with van der Waals surface area (Å²) in [5.41, 5.74) is -1.22. The van der Waals surface area contributed by atoms with Crippen LogP contribution in [-0.2, 0) is 38.1 Å². The molecule has 32 heavy (non-hydrogen) atoms. The maximum Gasteiger partial charge on any atom is 0.351 e. The summed E-state index contributed by atoms with van der Waals surface area (Å²) in [7, 11) is 0. The van der Waals surface area contributed by atoms with E-state index in [4.69, 9.17) is 18.9 Å². The molecule has 1 aliphatic heterocycles. The second kappa shape index (κ2) is 8.37. The molecule has 2 aliphatic carbocycles. The van der Waals surface area contributed by atoms with Crippen LogP contribution in [-0.4, -0.2) is 47.3 Å². The van der Waals surface area contributed by atoms with E-state index < -0.39 is 53.2 Å². The van der Waals surface area contributed by atoms with E-state index >= 15 is 0 Å². The van der Waals surface area contributed by atoms with Crippen LogP contribution >= 0.6 is 0 Å². The van der Waals surface area contributed by atoms with Gasteiger partial charge in [0.05, 0.1) is 5.92 Å². The van der Waals surface area contributed by atoms with Crippen molar-refractivity contribution in [3.05, 3.63) is 23.3 Å². The van der Waals surface area contributed by atoms with Gasteiger partial charge in [-0.25, -0.2) is 9.59 Å². The molecule has 1 heterocycles. The lowest BCUT2D eigenvalue weighted by molar-refractivity contribution is -0.182. The Kier molecular flexibility index (Phi) is 6.28. The highest BCUT2D eigenvalue weighted by molar-refractivity contribution is 5.88. The van der Waals surface area contributed by atoms with Gasteiger partial charge in [-0.2, -0.15) is 0 Å². The standard InChI is InChI=1S/C24H32O8/c1-8-12(2)21(27)29-17-11-23(6,31-14(4)25)16-10-9-13(3)18(16)20-19(17)24(7,22(28)30-20)32-15(5)26/h8-9,16-20H,10-11H2,1-7H3/b12-8+/t16-,17-,18+,19+,20-,23-,24-/m0/s1. The van der Waals surface area contributed by atoms with Crippen LogP contribution in [0.1, 0.15) is 61.3 Å². The fourth-order valence-corrected chi connectivity index (χ4v) is 5.65. The highest BCUT2D eigenvalue weighted by Crippen LogP contribution is 2.55. The lowest BCUT2D eigenvalue weighted by atomic mass is 9.75. The molecule has 8 nitrogen and oxygen atoms in total. The molecule has 8 heteroatoms. The summed E-state index contributed by atoms with van der Waals surface area (Å²) in [6.45, 7) is 11.2. The van der Waals surface area contributed by atoms with Crippen LogP contribution in [0, 0.1) is 17.8 Å². The molecule has 176 valence electrons. The average Bonchev–Trinajstić information content (AvgIpc) is 3.14. The van der Waals surface area contributed by atoms with E-state index in [-0.39, 0.29) is 18.3 Å². The first-order valence-electron chi connectivity index (χ1n) is 10.9. The Hall–Kier alpha value is -2.64. The van der Waals surface area contributed by atoms with Crippen molar-refractivity contribution in [3.63, 3.8) is 0 Å². The van der Waals surface area contributed by atoms with Crippen LogP contribution in [0.2, 0.25) is 0 Å². The maximum atomic E-state index is 13.0. The fourth-order valence-electron chi connectivity index (χ4n) is 5.65. The van der Waals surface area contributed by atoms with E-state index in [2.05, 4.69) is 6.08 Å². The minimum Gasteiger partial charge on any atom is -0.459 e.